The maximum absolute atomic E-state index is 12.9. The van der Waals surface area contributed by atoms with Crippen molar-refractivity contribution in [2.45, 2.75) is 29.0 Å². The van der Waals surface area contributed by atoms with Gasteiger partial charge in [0, 0.05) is 29.7 Å². The van der Waals surface area contributed by atoms with E-state index >= 15 is 0 Å². The van der Waals surface area contributed by atoms with Crippen molar-refractivity contribution < 1.29 is 19.2 Å². The van der Waals surface area contributed by atoms with Gasteiger partial charge in [0.25, 0.3) is 11.8 Å². The van der Waals surface area contributed by atoms with Crippen LogP contribution in [-0.4, -0.2) is 52.9 Å². The average molecular weight is 345 g/mol. The molecule has 1 unspecified atom stereocenters. The monoisotopic (exact) mass is 345 g/mol. The summed E-state index contributed by atoms with van der Waals surface area (Å²) < 4.78 is 0. The second-order valence-electron chi connectivity index (χ2n) is 6.02. The first-order valence-electron chi connectivity index (χ1n) is 7.78. The van der Waals surface area contributed by atoms with Gasteiger partial charge in [0.15, 0.2) is 0 Å². The van der Waals surface area contributed by atoms with E-state index in [1.807, 2.05) is 6.07 Å². The van der Waals surface area contributed by atoms with E-state index < -0.39 is 23.8 Å². The molecule has 4 rings (SSSR count). The normalized spacial score (nSPS) is 24.0. The Balaban J connectivity index is 1.66. The topological polar surface area (TPSA) is 95.6 Å². The van der Waals surface area contributed by atoms with Crippen LogP contribution >= 0.6 is 11.8 Å². The number of hydrogen-bond donors (Lipinski definition) is 2. The zero-order valence-electron chi connectivity index (χ0n) is 12.7. The highest BCUT2D eigenvalue weighted by Crippen LogP contribution is 2.36. The third-order valence-corrected chi connectivity index (χ3v) is 5.73. The van der Waals surface area contributed by atoms with Gasteiger partial charge in [0.1, 0.15) is 6.04 Å². The van der Waals surface area contributed by atoms with Gasteiger partial charge in [-0.3, -0.25) is 29.4 Å². The quantitative estimate of drug-likeness (QED) is 0.758. The van der Waals surface area contributed by atoms with Crippen LogP contribution in [0.5, 0.6) is 0 Å². The fourth-order valence-corrected chi connectivity index (χ4v) is 4.34. The van der Waals surface area contributed by atoms with Crippen LogP contribution < -0.4 is 10.6 Å². The molecule has 2 N–H and O–H groups in total. The summed E-state index contributed by atoms with van der Waals surface area (Å²) in [5, 5.41) is 5.75. The van der Waals surface area contributed by atoms with E-state index in [1.54, 1.807) is 23.9 Å². The molecule has 0 aromatic heterocycles. The van der Waals surface area contributed by atoms with Gasteiger partial charge < -0.3 is 5.32 Å². The molecule has 4 amide bonds. The van der Waals surface area contributed by atoms with Crippen LogP contribution in [0.15, 0.2) is 23.1 Å². The predicted octanol–water partition coefficient (Wildman–Crippen LogP) is 0.152. The summed E-state index contributed by atoms with van der Waals surface area (Å²) in [6, 6.07) is 4.29. The highest BCUT2D eigenvalue weighted by Gasteiger charge is 2.45. The molecule has 0 spiro atoms. The molecule has 2 saturated heterocycles. The van der Waals surface area contributed by atoms with Crippen LogP contribution in [0.25, 0.3) is 0 Å². The zero-order valence-corrected chi connectivity index (χ0v) is 13.5. The van der Waals surface area contributed by atoms with Crippen molar-refractivity contribution in [3.05, 3.63) is 29.3 Å². The van der Waals surface area contributed by atoms with Gasteiger partial charge in [-0.05, 0) is 18.6 Å². The predicted molar refractivity (Wildman–Crippen MR) is 85.6 cm³/mol. The maximum atomic E-state index is 12.9. The number of hydrogen-bond acceptors (Lipinski definition) is 6. The largest absolute Gasteiger partial charge is 0.314 e. The van der Waals surface area contributed by atoms with E-state index in [9.17, 15) is 19.2 Å². The number of benzene rings is 1. The summed E-state index contributed by atoms with van der Waals surface area (Å²) in [6.07, 6.45) is 0.296. The Bertz CT molecular complexity index is 775. The van der Waals surface area contributed by atoms with E-state index in [2.05, 4.69) is 10.6 Å². The number of carbonyl (C=O) groups is 4. The van der Waals surface area contributed by atoms with E-state index in [0.717, 1.165) is 22.9 Å². The molecule has 3 heterocycles. The second-order valence-corrected chi connectivity index (χ2v) is 7.37. The second kappa shape index (κ2) is 5.71. The van der Waals surface area contributed by atoms with E-state index in [-0.39, 0.29) is 18.7 Å². The van der Waals surface area contributed by atoms with Crippen molar-refractivity contribution in [1.82, 2.24) is 15.5 Å². The molecule has 2 fully saturated rings. The maximum Gasteiger partial charge on any atom is 0.263 e. The van der Waals surface area contributed by atoms with Crippen molar-refractivity contribution in [2.24, 2.45) is 0 Å². The molecule has 0 bridgehead atoms. The Kier molecular flexibility index (Phi) is 3.65. The number of carbonyl (C=O) groups excluding carboxylic acids is 4. The van der Waals surface area contributed by atoms with Crippen molar-refractivity contribution in [2.75, 3.05) is 13.1 Å². The first-order chi connectivity index (χ1) is 11.6. The van der Waals surface area contributed by atoms with Crippen LogP contribution in [0.2, 0.25) is 0 Å². The third-order valence-electron chi connectivity index (χ3n) is 4.47. The lowest BCUT2D eigenvalue weighted by molar-refractivity contribution is -0.136. The lowest BCUT2D eigenvalue weighted by atomic mass is 10.0. The lowest BCUT2D eigenvalue weighted by Crippen LogP contribution is -2.54. The first kappa shape index (κ1) is 15.3. The fraction of sp³-hybridized carbons (Fsp3) is 0.375. The molecule has 1 aromatic carbocycles. The Labute approximate surface area is 142 Å². The number of piperidine rings is 1. The van der Waals surface area contributed by atoms with Gasteiger partial charge >= 0.3 is 0 Å². The number of amides is 4. The first-order valence-corrected chi connectivity index (χ1v) is 8.66. The molecule has 8 heteroatoms. The lowest BCUT2D eigenvalue weighted by Gasteiger charge is -2.28. The van der Waals surface area contributed by atoms with Gasteiger partial charge in [-0.2, -0.15) is 0 Å². The van der Waals surface area contributed by atoms with Crippen LogP contribution in [0, 0.1) is 0 Å². The molecule has 1 atom stereocenters. The van der Waals surface area contributed by atoms with Gasteiger partial charge in [-0.1, -0.05) is 6.07 Å². The molecule has 124 valence electrons. The Morgan fingerprint density at radius 1 is 1.08 bits per heavy atom. The summed E-state index contributed by atoms with van der Waals surface area (Å²) in [5.74, 6) is -1.86. The van der Waals surface area contributed by atoms with Crippen molar-refractivity contribution in [3.63, 3.8) is 0 Å². The van der Waals surface area contributed by atoms with Crippen molar-refractivity contribution >= 4 is 35.4 Å². The zero-order chi connectivity index (χ0) is 16.8. The average Bonchev–Trinajstić information content (AvgIpc) is 2.76. The van der Waals surface area contributed by atoms with Crippen LogP contribution in [0.1, 0.15) is 33.6 Å². The molecule has 3 aliphatic rings. The highest BCUT2D eigenvalue weighted by atomic mass is 32.2. The van der Waals surface area contributed by atoms with E-state index in [1.165, 1.54) is 0 Å². The number of nitrogens with zero attached hydrogens (tertiary/aromatic N) is 1. The molecule has 0 radical (unpaired) electrons. The van der Waals surface area contributed by atoms with E-state index in [0.29, 0.717) is 16.4 Å². The molecule has 24 heavy (non-hydrogen) atoms. The summed E-state index contributed by atoms with van der Waals surface area (Å²) in [7, 11) is 0. The number of imide groups is 2. The van der Waals surface area contributed by atoms with Gasteiger partial charge in [0.05, 0.1) is 11.1 Å². The Morgan fingerprint density at radius 2 is 1.88 bits per heavy atom. The SMILES string of the molecule is O=C1CCC(N2C(=O)c3cccc(SC4CNC4)c3C2=O)C(=O)N1. The minimum absolute atomic E-state index is 0.124. The molecule has 0 aliphatic carbocycles. The van der Waals surface area contributed by atoms with Crippen LogP contribution in [0.4, 0.5) is 0 Å². The number of nitrogens with one attached hydrogen (secondary N) is 2. The minimum atomic E-state index is -0.918. The van der Waals surface area contributed by atoms with Crippen LogP contribution in [-0.2, 0) is 9.59 Å². The van der Waals surface area contributed by atoms with Crippen molar-refractivity contribution in [3.8, 4) is 0 Å². The molecule has 3 aliphatic heterocycles. The van der Waals surface area contributed by atoms with Crippen LogP contribution in [0.3, 0.4) is 0 Å². The highest BCUT2D eigenvalue weighted by molar-refractivity contribution is 8.00. The van der Waals surface area contributed by atoms with Gasteiger partial charge in [0.2, 0.25) is 11.8 Å². The van der Waals surface area contributed by atoms with Gasteiger partial charge in [-0.15, -0.1) is 11.8 Å². The number of fused-ring (bicyclic) bond motifs is 1. The summed E-state index contributed by atoms with van der Waals surface area (Å²) >= 11 is 1.57. The molecule has 1 aromatic rings. The number of thioether (sulfide) groups is 1. The molecular weight excluding hydrogens is 330 g/mol. The van der Waals surface area contributed by atoms with Gasteiger partial charge in [-0.25, -0.2) is 0 Å². The Hall–Kier alpha value is -2.19. The smallest absolute Gasteiger partial charge is 0.263 e. The summed E-state index contributed by atoms with van der Waals surface area (Å²) in [5.41, 5.74) is 0.714. The molecule has 7 nitrogen and oxygen atoms in total. The molecular formula is C16H15N3O4S. The summed E-state index contributed by atoms with van der Waals surface area (Å²) in [4.78, 5) is 50.7. The van der Waals surface area contributed by atoms with Crippen molar-refractivity contribution in [1.29, 1.82) is 0 Å². The Morgan fingerprint density at radius 3 is 2.54 bits per heavy atom. The van der Waals surface area contributed by atoms with E-state index in [4.69, 9.17) is 0 Å². The molecule has 0 saturated carbocycles. The third kappa shape index (κ3) is 2.33. The fourth-order valence-electron chi connectivity index (χ4n) is 3.11. The standard InChI is InChI=1S/C16H15N3O4S/c20-12-5-4-10(14(21)18-12)19-15(22)9-2-1-3-11(13(9)16(19)23)24-8-6-17-7-8/h1-3,8,10,17H,4-7H2,(H,18,20,21). The number of rotatable bonds is 3. The minimum Gasteiger partial charge on any atom is -0.314 e. The summed E-state index contributed by atoms with van der Waals surface area (Å²) in [6.45, 7) is 1.74.